The van der Waals surface area contributed by atoms with Crippen LogP contribution in [0.2, 0.25) is 5.02 Å². The smallest absolute Gasteiger partial charge is 0.490 e. The van der Waals surface area contributed by atoms with E-state index in [9.17, 15) is 31.5 Å². The Hall–Kier alpha value is -2.51. The number of alkyl halides is 3. The van der Waals surface area contributed by atoms with Crippen molar-refractivity contribution in [1.82, 2.24) is 10.2 Å². The molecule has 1 saturated heterocycles. The molecule has 1 saturated carbocycles. The van der Waals surface area contributed by atoms with E-state index in [4.69, 9.17) is 21.5 Å². The molecule has 3 aliphatic rings. The summed E-state index contributed by atoms with van der Waals surface area (Å²) in [5.41, 5.74) is 1.13. The number of urea groups is 1. The third-order valence-electron chi connectivity index (χ3n) is 7.37. The van der Waals surface area contributed by atoms with Gasteiger partial charge in [0.25, 0.3) is 0 Å². The predicted octanol–water partition coefficient (Wildman–Crippen LogP) is 5.09. The molecule has 4 rings (SSSR count). The quantitative estimate of drug-likeness (QED) is 0.275. The Morgan fingerprint density at radius 3 is 2.18 bits per heavy atom. The minimum Gasteiger partial charge on any atom is -0.504 e. The Balaban J connectivity index is 0.000000532. The number of amides is 2. The number of carboxylic acid groups (broad SMARTS) is 1. The summed E-state index contributed by atoms with van der Waals surface area (Å²) >= 11 is 6.25. The summed E-state index contributed by atoms with van der Waals surface area (Å²) in [4.78, 5) is 23.5. The van der Waals surface area contributed by atoms with Gasteiger partial charge in [-0.15, -0.1) is 0 Å². The van der Waals surface area contributed by atoms with E-state index in [0.717, 1.165) is 44.3 Å². The van der Waals surface area contributed by atoms with E-state index in [1.54, 1.807) is 0 Å². The molecule has 2 aliphatic carbocycles. The molecule has 4 N–H and O–H groups in total. The van der Waals surface area contributed by atoms with E-state index in [0.29, 0.717) is 18.9 Å². The number of sulfone groups is 1. The van der Waals surface area contributed by atoms with Gasteiger partial charge in [0.2, 0.25) is 0 Å². The van der Waals surface area contributed by atoms with Crippen LogP contribution >= 0.6 is 11.6 Å². The van der Waals surface area contributed by atoms with Crippen LogP contribution < -0.4 is 10.6 Å². The van der Waals surface area contributed by atoms with Crippen molar-refractivity contribution in [3.8, 4) is 5.75 Å². The fraction of sp³-hybridized carbons (Fsp3) is 0.600. The molecular weight excluding hydrogens is 563 g/mol. The van der Waals surface area contributed by atoms with Crippen LogP contribution in [0.4, 0.5) is 23.7 Å². The van der Waals surface area contributed by atoms with Crippen molar-refractivity contribution in [2.24, 2.45) is 0 Å². The van der Waals surface area contributed by atoms with Gasteiger partial charge in [0, 0.05) is 6.04 Å². The van der Waals surface area contributed by atoms with Gasteiger partial charge in [0.1, 0.15) is 4.90 Å². The molecule has 1 unspecified atom stereocenters. The molecule has 2 fully saturated rings. The molecular formula is C25H33ClF3N3O6S. The number of phenolic OH excluding ortho intramolecular Hbond substituents is 1. The Labute approximate surface area is 230 Å². The number of rotatable bonds is 5. The Morgan fingerprint density at radius 2 is 1.67 bits per heavy atom. The van der Waals surface area contributed by atoms with Crippen molar-refractivity contribution in [1.29, 1.82) is 0 Å². The number of anilines is 1. The highest BCUT2D eigenvalue weighted by molar-refractivity contribution is 7.92. The van der Waals surface area contributed by atoms with E-state index in [-0.39, 0.29) is 21.6 Å². The second-order valence-corrected chi connectivity index (χ2v) is 12.5. The topological polar surface area (TPSA) is 136 Å². The molecule has 1 aromatic rings. The fourth-order valence-electron chi connectivity index (χ4n) is 5.26. The number of phenols is 1. The number of nitrogens with zero attached hydrogens (tertiary/aromatic N) is 1. The number of allylic oxidation sites excluding steroid dienone is 1. The number of aliphatic carboxylic acids is 1. The first-order chi connectivity index (χ1) is 18.2. The molecule has 1 aromatic carbocycles. The summed E-state index contributed by atoms with van der Waals surface area (Å²) in [6, 6.07) is 2.74. The molecule has 0 aromatic heterocycles. The molecule has 0 spiro atoms. The molecule has 14 heteroatoms. The number of carbonyl (C=O) groups excluding carboxylic acids is 1. The monoisotopic (exact) mass is 595 g/mol. The molecule has 39 heavy (non-hydrogen) atoms. The fourth-order valence-corrected chi connectivity index (χ4v) is 7.68. The lowest BCUT2D eigenvalue weighted by Crippen LogP contribution is -2.39. The Morgan fingerprint density at radius 1 is 1.08 bits per heavy atom. The highest BCUT2D eigenvalue weighted by Gasteiger charge is 2.39. The molecule has 0 bridgehead atoms. The van der Waals surface area contributed by atoms with Crippen LogP contribution in [0.5, 0.6) is 5.75 Å². The Bertz CT molecular complexity index is 1190. The standard InChI is InChI=1S/C23H32ClN3O4S.C2HF3O2/c1-15-5-4-6-19(15)25-23(29)26-20-12-11-18(24)22(21(20)28)32(30,31)17-9-7-16(8-10-17)27-13-2-3-14-27;3-2(4,5)1(6)7/h5,11-12,16-17,19,28H,2-4,6-10,13-14H2,1H3,(H2,25,26,29);(H,6,7). The summed E-state index contributed by atoms with van der Waals surface area (Å²) in [6.45, 7) is 4.15. The van der Waals surface area contributed by atoms with Crippen molar-refractivity contribution in [2.45, 2.75) is 86.7 Å². The van der Waals surface area contributed by atoms with Crippen LogP contribution in [0, 0.1) is 0 Å². The van der Waals surface area contributed by atoms with Crippen molar-refractivity contribution >= 4 is 39.1 Å². The van der Waals surface area contributed by atoms with E-state index in [1.807, 2.05) is 6.92 Å². The van der Waals surface area contributed by atoms with Gasteiger partial charge in [-0.1, -0.05) is 23.3 Å². The summed E-state index contributed by atoms with van der Waals surface area (Å²) in [6.07, 6.45) is 3.91. The van der Waals surface area contributed by atoms with E-state index in [2.05, 4.69) is 21.6 Å². The molecule has 9 nitrogen and oxygen atoms in total. The van der Waals surface area contributed by atoms with Crippen LogP contribution in [0.15, 0.2) is 28.7 Å². The second-order valence-electron chi connectivity index (χ2n) is 9.97. The molecule has 0 radical (unpaired) electrons. The molecule has 218 valence electrons. The molecule has 1 heterocycles. The first-order valence-electron chi connectivity index (χ1n) is 12.8. The van der Waals surface area contributed by atoms with Crippen molar-refractivity contribution in [3.05, 3.63) is 28.8 Å². The lowest BCUT2D eigenvalue weighted by Gasteiger charge is -2.34. The molecule has 1 aliphatic heterocycles. The maximum absolute atomic E-state index is 13.4. The third kappa shape index (κ3) is 7.79. The largest absolute Gasteiger partial charge is 0.504 e. The first-order valence-corrected chi connectivity index (χ1v) is 14.7. The normalized spacial score (nSPS) is 23.9. The molecule has 1 atom stereocenters. The number of halogens is 4. The predicted molar refractivity (Wildman–Crippen MR) is 140 cm³/mol. The van der Waals surface area contributed by atoms with Gasteiger partial charge in [-0.25, -0.2) is 18.0 Å². The number of benzene rings is 1. The van der Waals surface area contributed by atoms with Gasteiger partial charge in [0.15, 0.2) is 15.6 Å². The average molecular weight is 596 g/mol. The summed E-state index contributed by atoms with van der Waals surface area (Å²) in [7, 11) is -3.84. The van der Waals surface area contributed by atoms with Gasteiger partial charge < -0.3 is 25.7 Å². The highest BCUT2D eigenvalue weighted by Crippen LogP contribution is 2.41. The van der Waals surface area contributed by atoms with Crippen LogP contribution in [0.25, 0.3) is 0 Å². The van der Waals surface area contributed by atoms with Gasteiger partial charge in [-0.05, 0) is 83.5 Å². The van der Waals surface area contributed by atoms with Crippen LogP contribution in [0.3, 0.4) is 0 Å². The van der Waals surface area contributed by atoms with Gasteiger partial charge in [-0.3, -0.25) is 0 Å². The average Bonchev–Trinajstić information content (AvgIpc) is 3.53. The van der Waals surface area contributed by atoms with E-state index < -0.39 is 39.0 Å². The zero-order valence-electron chi connectivity index (χ0n) is 21.4. The van der Waals surface area contributed by atoms with E-state index >= 15 is 0 Å². The lowest BCUT2D eigenvalue weighted by molar-refractivity contribution is -0.192. The number of hydrogen-bond donors (Lipinski definition) is 4. The van der Waals surface area contributed by atoms with Crippen LogP contribution in [-0.2, 0) is 14.6 Å². The first kappa shape index (κ1) is 31.0. The SMILES string of the molecule is CC1=CCCC1NC(=O)Nc1ccc(Cl)c(S(=O)(=O)C2CCC(N3CCCC3)CC2)c1O.O=C(O)C(F)(F)F. The number of nitrogens with one attached hydrogen (secondary N) is 2. The lowest BCUT2D eigenvalue weighted by atomic mass is 9.94. The maximum atomic E-state index is 13.4. The number of likely N-dealkylation sites (tertiary alicyclic amines) is 1. The Kier molecular flexibility index (Phi) is 10.2. The number of hydrogen-bond acceptors (Lipinski definition) is 6. The minimum atomic E-state index is -5.08. The zero-order chi connectivity index (χ0) is 29.0. The summed E-state index contributed by atoms with van der Waals surface area (Å²) < 4.78 is 58.6. The van der Waals surface area contributed by atoms with Gasteiger partial charge in [0.05, 0.1) is 22.0 Å². The second kappa shape index (κ2) is 12.8. The third-order valence-corrected chi connectivity index (χ3v) is 10.1. The number of carbonyl (C=O) groups is 2. The van der Waals surface area contributed by atoms with Crippen molar-refractivity contribution in [3.63, 3.8) is 0 Å². The van der Waals surface area contributed by atoms with Crippen LogP contribution in [-0.4, -0.2) is 72.1 Å². The molecule has 2 amide bonds. The maximum Gasteiger partial charge on any atom is 0.490 e. The van der Waals surface area contributed by atoms with Gasteiger partial charge >= 0.3 is 18.2 Å². The summed E-state index contributed by atoms with van der Waals surface area (Å²) in [5.74, 6) is -3.25. The number of aromatic hydroxyl groups is 1. The zero-order valence-corrected chi connectivity index (χ0v) is 23.0. The van der Waals surface area contributed by atoms with Crippen molar-refractivity contribution in [2.75, 3.05) is 18.4 Å². The van der Waals surface area contributed by atoms with Gasteiger partial charge in [-0.2, -0.15) is 13.2 Å². The minimum absolute atomic E-state index is 0.0234. The van der Waals surface area contributed by atoms with Crippen molar-refractivity contribution < 1.29 is 41.4 Å². The highest BCUT2D eigenvalue weighted by atomic mass is 35.5. The van der Waals surface area contributed by atoms with Crippen LogP contribution in [0.1, 0.15) is 58.3 Å². The summed E-state index contributed by atoms with van der Waals surface area (Å²) in [5, 5.41) is 22.8. The number of carboxylic acids is 1. The van der Waals surface area contributed by atoms with E-state index in [1.165, 1.54) is 25.0 Å².